The van der Waals surface area contributed by atoms with Gasteiger partial charge in [0.1, 0.15) is 0 Å². The lowest BCUT2D eigenvalue weighted by atomic mass is 9.91. The molecule has 4 heteroatoms. The van der Waals surface area contributed by atoms with Crippen LogP contribution in [0.15, 0.2) is 82.8 Å². The lowest BCUT2D eigenvalue weighted by Gasteiger charge is -2.39. The van der Waals surface area contributed by atoms with E-state index in [0.717, 1.165) is 49.3 Å². The smallest absolute Gasteiger partial charge is 0.253 e. The lowest BCUT2D eigenvalue weighted by Crippen LogP contribution is -2.48. The Morgan fingerprint density at radius 2 is 1.69 bits per heavy atom. The highest BCUT2D eigenvalue weighted by atomic mass is 16.2. The molecule has 0 N–H and O–H groups in total. The van der Waals surface area contributed by atoms with Crippen molar-refractivity contribution in [3.05, 3.63) is 95.1 Å². The van der Waals surface area contributed by atoms with Crippen molar-refractivity contribution in [1.29, 1.82) is 0 Å². The van der Waals surface area contributed by atoms with E-state index < -0.39 is 0 Å². The molecule has 0 radical (unpaired) electrons. The maximum absolute atomic E-state index is 13.2. The molecule has 0 spiro atoms. The van der Waals surface area contributed by atoms with Crippen molar-refractivity contribution in [1.82, 2.24) is 4.90 Å². The molecular formula is C31H35N3O. The molecule has 1 fully saturated rings. The molecule has 4 rings (SSSR count). The Balaban J connectivity index is 1.49. The largest absolute Gasteiger partial charge is 0.337 e. The highest BCUT2D eigenvalue weighted by Gasteiger charge is 2.32. The highest BCUT2D eigenvalue weighted by Crippen LogP contribution is 2.32. The predicted octanol–water partition coefficient (Wildman–Crippen LogP) is 7.52. The van der Waals surface area contributed by atoms with Gasteiger partial charge in [0.15, 0.2) is 0 Å². The SMILES string of the molecule is CCCCCC=Nc1cc(C(=O)N2CC(c3ccccc3)C2)ccc1N=Cc1ccc(CC)cc1. The Kier molecular flexibility index (Phi) is 8.61. The van der Waals surface area contributed by atoms with Crippen LogP contribution < -0.4 is 0 Å². The second-order valence-electron chi connectivity index (χ2n) is 9.18. The van der Waals surface area contributed by atoms with Crippen LogP contribution in [-0.4, -0.2) is 36.3 Å². The maximum atomic E-state index is 13.2. The van der Waals surface area contributed by atoms with E-state index in [2.05, 4.69) is 62.4 Å². The van der Waals surface area contributed by atoms with E-state index in [-0.39, 0.29) is 5.91 Å². The molecule has 0 aromatic heterocycles. The number of unbranched alkanes of at least 4 members (excludes halogenated alkanes) is 3. The summed E-state index contributed by atoms with van der Waals surface area (Å²) in [7, 11) is 0. The summed E-state index contributed by atoms with van der Waals surface area (Å²) in [5, 5.41) is 0. The second kappa shape index (κ2) is 12.3. The molecule has 180 valence electrons. The third kappa shape index (κ3) is 6.54. The van der Waals surface area contributed by atoms with Gasteiger partial charge in [0, 0.05) is 37.0 Å². The molecule has 1 aliphatic heterocycles. The van der Waals surface area contributed by atoms with Crippen LogP contribution in [0.2, 0.25) is 0 Å². The van der Waals surface area contributed by atoms with Crippen molar-refractivity contribution in [3.63, 3.8) is 0 Å². The Hall–Kier alpha value is -3.53. The number of rotatable bonds is 10. The van der Waals surface area contributed by atoms with Crippen LogP contribution >= 0.6 is 0 Å². The third-order valence-electron chi connectivity index (χ3n) is 6.57. The average Bonchev–Trinajstić information content (AvgIpc) is 2.87. The first-order chi connectivity index (χ1) is 17.2. The summed E-state index contributed by atoms with van der Waals surface area (Å²) >= 11 is 0. The Bertz CT molecular complexity index is 1160. The van der Waals surface area contributed by atoms with Gasteiger partial charge in [0.25, 0.3) is 5.91 Å². The minimum absolute atomic E-state index is 0.0605. The predicted molar refractivity (Wildman–Crippen MR) is 147 cm³/mol. The van der Waals surface area contributed by atoms with Gasteiger partial charge in [-0.15, -0.1) is 0 Å². The molecule has 3 aromatic carbocycles. The van der Waals surface area contributed by atoms with E-state index in [0.29, 0.717) is 11.5 Å². The Morgan fingerprint density at radius 1 is 0.914 bits per heavy atom. The summed E-state index contributed by atoms with van der Waals surface area (Å²) in [5.41, 5.74) is 5.84. The van der Waals surface area contributed by atoms with Gasteiger partial charge in [0.05, 0.1) is 11.4 Å². The maximum Gasteiger partial charge on any atom is 0.253 e. The molecule has 1 aliphatic rings. The van der Waals surface area contributed by atoms with Gasteiger partial charge in [-0.25, -0.2) is 0 Å². The lowest BCUT2D eigenvalue weighted by molar-refractivity contribution is 0.0602. The minimum atomic E-state index is 0.0605. The first-order valence-electron chi connectivity index (χ1n) is 12.8. The van der Waals surface area contributed by atoms with Crippen molar-refractivity contribution in [2.24, 2.45) is 9.98 Å². The third-order valence-corrected chi connectivity index (χ3v) is 6.57. The fourth-order valence-corrected chi connectivity index (χ4v) is 4.26. The zero-order valence-corrected chi connectivity index (χ0v) is 20.9. The van der Waals surface area contributed by atoms with E-state index in [4.69, 9.17) is 9.98 Å². The standard InChI is InChI=1S/C31H35N3O/c1-3-5-6-10-19-32-30-20-27(31(35)34-22-28(23-34)26-11-8-7-9-12-26)17-18-29(30)33-21-25-15-13-24(4-2)14-16-25/h7-9,11-21,28H,3-6,10,22-23H2,1-2H3. The number of hydrogen-bond donors (Lipinski definition) is 0. The molecule has 1 saturated heterocycles. The average molecular weight is 466 g/mol. The fraction of sp³-hybridized carbons (Fsp3) is 0.323. The summed E-state index contributed by atoms with van der Waals surface area (Å²) in [4.78, 5) is 24.5. The van der Waals surface area contributed by atoms with Gasteiger partial charge in [-0.1, -0.05) is 81.3 Å². The van der Waals surface area contributed by atoms with Gasteiger partial charge in [-0.2, -0.15) is 0 Å². The Morgan fingerprint density at radius 3 is 2.40 bits per heavy atom. The number of hydrogen-bond acceptors (Lipinski definition) is 3. The number of nitrogens with zero attached hydrogens (tertiary/aromatic N) is 3. The topological polar surface area (TPSA) is 45.0 Å². The number of aliphatic imine (C=N–C) groups is 2. The Labute approximate surface area is 209 Å². The summed E-state index contributed by atoms with van der Waals surface area (Å²) in [6.45, 7) is 5.86. The van der Waals surface area contributed by atoms with Gasteiger partial charge < -0.3 is 4.90 Å². The molecule has 35 heavy (non-hydrogen) atoms. The number of benzene rings is 3. The number of aryl methyl sites for hydroxylation is 1. The summed E-state index contributed by atoms with van der Waals surface area (Å²) in [6, 6.07) is 24.5. The van der Waals surface area contributed by atoms with Crippen LogP contribution in [0.5, 0.6) is 0 Å². The number of carbonyl (C=O) groups excluding carboxylic acids is 1. The highest BCUT2D eigenvalue weighted by molar-refractivity contribution is 5.97. The molecule has 3 aromatic rings. The summed E-state index contributed by atoms with van der Waals surface area (Å²) in [5.74, 6) is 0.476. The van der Waals surface area contributed by atoms with Crippen molar-refractivity contribution in [3.8, 4) is 0 Å². The van der Waals surface area contributed by atoms with Crippen LogP contribution in [0, 0.1) is 0 Å². The molecule has 1 amide bonds. The van der Waals surface area contributed by atoms with E-state index >= 15 is 0 Å². The van der Waals surface area contributed by atoms with Crippen LogP contribution in [-0.2, 0) is 6.42 Å². The van der Waals surface area contributed by atoms with Crippen molar-refractivity contribution < 1.29 is 4.79 Å². The van der Waals surface area contributed by atoms with Crippen molar-refractivity contribution in [2.75, 3.05) is 13.1 Å². The second-order valence-corrected chi connectivity index (χ2v) is 9.18. The van der Waals surface area contributed by atoms with Crippen LogP contribution in [0.25, 0.3) is 0 Å². The van der Waals surface area contributed by atoms with E-state index in [9.17, 15) is 4.79 Å². The fourth-order valence-electron chi connectivity index (χ4n) is 4.26. The minimum Gasteiger partial charge on any atom is -0.337 e. The molecule has 1 heterocycles. The van der Waals surface area contributed by atoms with Gasteiger partial charge in [0.2, 0.25) is 0 Å². The van der Waals surface area contributed by atoms with E-state index in [1.165, 1.54) is 24.0 Å². The molecule has 0 unspecified atom stereocenters. The molecule has 4 nitrogen and oxygen atoms in total. The summed E-state index contributed by atoms with van der Waals surface area (Å²) < 4.78 is 0. The van der Waals surface area contributed by atoms with Gasteiger partial charge in [-0.05, 0) is 54.2 Å². The summed E-state index contributed by atoms with van der Waals surface area (Å²) in [6.07, 6.45) is 9.28. The normalized spacial score (nSPS) is 14.1. The first kappa shape index (κ1) is 24.6. The molecule has 0 aliphatic carbocycles. The number of likely N-dealkylation sites (tertiary alicyclic amines) is 1. The first-order valence-corrected chi connectivity index (χ1v) is 12.8. The molecule has 0 bridgehead atoms. The monoisotopic (exact) mass is 465 g/mol. The van der Waals surface area contributed by atoms with Gasteiger partial charge >= 0.3 is 0 Å². The van der Waals surface area contributed by atoms with E-state index in [1.54, 1.807) is 0 Å². The number of carbonyl (C=O) groups is 1. The molecule has 0 atom stereocenters. The van der Waals surface area contributed by atoms with Crippen molar-refractivity contribution >= 4 is 29.7 Å². The van der Waals surface area contributed by atoms with Crippen LogP contribution in [0.1, 0.15) is 72.5 Å². The van der Waals surface area contributed by atoms with Crippen molar-refractivity contribution in [2.45, 2.75) is 51.9 Å². The zero-order chi connectivity index (χ0) is 24.5. The van der Waals surface area contributed by atoms with E-state index in [1.807, 2.05) is 41.6 Å². The molecule has 0 saturated carbocycles. The molecular weight excluding hydrogens is 430 g/mol. The van der Waals surface area contributed by atoms with Crippen LogP contribution in [0.3, 0.4) is 0 Å². The number of amides is 1. The van der Waals surface area contributed by atoms with Gasteiger partial charge in [-0.3, -0.25) is 14.8 Å². The zero-order valence-electron chi connectivity index (χ0n) is 20.9. The quantitative estimate of drug-likeness (QED) is 0.225. The van der Waals surface area contributed by atoms with Crippen LogP contribution in [0.4, 0.5) is 11.4 Å².